The SMILES string of the molecule is Cc1cc(-c2ccoc2)c2c3c1O[C@@H]1C(=O)CCC4C(C2)N(CC2CC2)CC[C@]341. The van der Waals surface area contributed by atoms with Crippen LogP contribution in [0.25, 0.3) is 11.1 Å². The molecule has 1 aromatic carbocycles. The number of Topliss-reactive ketones (excluding diaryl/α,β-unsaturated/α-hetero) is 1. The number of nitrogens with zero attached hydrogens (tertiary/aromatic N) is 1. The highest BCUT2D eigenvalue weighted by Crippen LogP contribution is 2.63. The number of hydrogen-bond donors (Lipinski definition) is 0. The average molecular weight is 389 g/mol. The second-order valence-electron chi connectivity index (χ2n) is 10.0. The lowest BCUT2D eigenvalue weighted by atomic mass is 9.51. The highest BCUT2D eigenvalue weighted by atomic mass is 16.5. The smallest absolute Gasteiger partial charge is 0.174 e. The zero-order valence-electron chi connectivity index (χ0n) is 16.9. The summed E-state index contributed by atoms with van der Waals surface area (Å²) in [5, 5.41) is 0. The van der Waals surface area contributed by atoms with E-state index in [1.807, 2.05) is 6.26 Å². The molecule has 1 saturated heterocycles. The predicted octanol–water partition coefficient (Wildman–Crippen LogP) is 4.27. The second-order valence-corrected chi connectivity index (χ2v) is 10.0. The largest absolute Gasteiger partial charge is 0.481 e. The number of carbonyl (C=O) groups is 1. The van der Waals surface area contributed by atoms with Crippen molar-refractivity contribution in [2.75, 3.05) is 13.1 Å². The lowest BCUT2D eigenvalue weighted by Crippen LogP contribution is -2.66. The molecule has 4 atom stereocenters. The number of aryl methyl sites for hydroxylation is 1. The molecule has 5 aliphatic rings. The molecule has 0 amide bonds. The van der Waals surface area contributed by atoms with E-state index in [1.165, 1.54) is 36.1 Å². The first-order valence-electron chi connectivity index (χ1n) is 11.3. The maximum atomic E-state index is 13.1. The van der Waals surface area contributed by atoms with Gasteiger partial charge in [0.25, 0.3) is 0 Å². The topological polar surface area (TPSA) is 42.7 Å². The Morgan fingerprint density at radius 3 is 2.97 bits per heavy atom. The fourth-order valence-corrected chi connectivity index (χ4v) is 7.21. The zero-order chi connectivity index (χ0) is 19.3. The number of likely N-dealkylation sites (tertiary alicyclic amines) is 1. The first-order valence-corrected chi connectivity index (χ1v) is 11.3. The van der Waals surface area contributed by atoms with Gasteiger partial charge in [0.2, 0.25) is 0 Å². The number of carbonyl (C=O) groups excluding carboxylic acids is 1. The van der Waals surface area contributed by atoms with Gasteiger partial charge in [0.1, 0.15) is 5.75 Å². The number of furan rings is 1. The minimum absolute atomic E-state index is 0.104. The van der Waals surface area contributed by atoms with Crippen LogP contribution >= 0.6 is 0 Å². The van der Waals surface area contributed by atoms with Gasteiger partial charge in [-0.2, -0.15) is 0 Å². The van der Waals surface area contributed by atoms with Crippen molar-refractivity contribution < 1.29 is 13.9 Å². The number of hydrogen-bond acceptors (Lipinski definition) is 4. The summed E-state index contributed by atoms with van der Waals surface area (Å²) in [6.07, 6.45) is 9.99. The highest BCUT2D eigenvalue weighted by Gasteiger charge is 2.66. The van der Waals surface area contributed by atoms with E-state index in [9.17, 15) is 4.79 Å². The summed E-state index contributed by atoms with van der Waals surface area (Å²) < 4.78 is 12.0. The Morgan fingerprint density at radius 2 is 2.17 bits per heavy atom. The molecule has 1 aromatic heterocycles. The van der Waals surface area contributed by atoms with Crippen molar-refractivity contribution in [1.29, 1.82) is 0 Å². The summed E-state index contributed by atoms with van der Waals surface area (Å²) in [5.41, 5.74) is 6.30. The molecule has 3 aliphatic carbocycles. The van der Waals surface area contributed by atoms with Crippen LogP contribution < -0.4 is 4.74 Å². The van der Waals surface area contributed by atoms with Crippen molar-refractivity contribution in [2.45, 2.75) is 63.0 Å². The Balaban J connectivity index is 1.47. The number of ketones is 1. The molecule has 0 N–H and O–H groups in total. The molecule has 2 bridgehead atoms. The Morgan fingerprint density at radius 1 is 1.28 bits per heavy atom. The minimum atomic E-state index is -0.265. The van der Waals surface area contributed by atoms with E-state index in [0.29, 0.717) is 24.2 Å². The molecular formula is C25H27NO3. The van der Waals surface area contributed by atoms with Gasteiger partial charge in [-0.05, 0) is 86.2 Å². The van der Waals surface area contributed by atoms with Crippen LogP contribution in [0.2, 0.25) is 0 Å². The number of ether oxygens (including phenoxy) is 1. The Kier molecular flexibility index (Phi) is 3.19. The predicted molar refractivity (Wildman–Crippen MR) is 109 cm³/mol. The van der Waals surface area contributed by atoms with Crippen LogP contribution in [0.5, 0.6) is 5.75 Å². The van der Waals surface area contributed by atoms with Crippen molar-refractivity contribution in [3.63, 3.8) is 0 Å². The van der Waals surface area contributed by atoms with Crippen molar-refractivity contribution in [3.8, 4) is 16.9 Å². The molecule has 2 unspecified atom stereocenters. The summed E-state index contributed by atoms with van der Waals surface area (Å²) in [6, 6.07) is 4.87. The van der Waals surface area contributed by atoms with Crippen molar-refractivity contribution in [3.05, 3.63) is 41.3 Å². The molecule has 29 heavy (non-hydrogen) atoms. The third-order valence-corrected chi connectivity index (χ3v) is 8.58. The van der Waals surface area contributed by atoms with Crippen LogP contribution in [-0.4, -0.2) is 35.9 Å². The Hall–Kier alpha value is -2.07. The fraction of sp³-hybridized carbons (Fsp3) is 0.560. The van der Waals surface area contributed by atoms with Crippen molar-refractivity contribution in [1.82, 2.24) is 4.90 Å². The Labute approximate surface area is 171 Å². The molecule has 3 fully saturated rings. The third kappa shape index (κ3) is 2.06. The molecule has 2 aliphatic heterocycles. The maximum absolute atomic E-state index is 13.1. The molecule has 4 heteroatoms. The molecule has 7 rings (SSSR count). The number of rotatable bonds is 3. The standard InChI is InChI=1S/C25H27NO3/c1-14-10-17(16-6-9-28-13-16)18-11-20-19-4-5-21(27)24-25(19,22(18)23(14)29-24)7-8-26(20)12-15-2-3-15/h6,9-10,13,15,19-20,24H,2-5,7-8,11-12H2,1H3/t19?,20?,24-,25-/m1/s1. The van der Waals surface area contributed by atoms with E-state index in [0.717, 1.165) is 48.6 Å². The van der Waals surface area contributed by atoms with E-state index < -0.39 is 0 Å². The fourth-order valence-electron chi connectivity index (χ4n) is 7.21. The van der Waals surface area contributed by atoms with Crippen LogP contribution in [0.1, 0.15) is 48.8 Å². The van der Waals surface area contributed by atoms with E-state index >= 15 is 0 Å². The van der Waals surface area contributed by atoms with Gasteiger partial charge < -0.3 is 9.15 Å². The minimum Gasteiger partial charge on any atom is -0.481 e. The van der Waals surface area contributed by atoms with E-state index in [1.54, 1.807) is 6.26 Å². The summed E-state index contributed by atoms with van der Waals surface area (Å²) in [4.78, 5) is 15.8. The van der Waals surface area contributed by atoms with Crippen LogP contribution in [-0.2, 0) is 16.6 Å². The highest BCUT2D eigenvalue weighted by molar-refractivity contribution is 5.90. The number of benzene rings is 1. The molecule has 150 valence electrons. The monoisotopic (exact) mass is 389 g/mol. The summed E-state index contributed by atoms with van der Waals surface area (Å²) in [7, 11) is 0. The molecule has 1 spiro atoms. The first-order chi connectivity index (χ1) is 14.2. The molecule has 2 saturated carbocycles. The van der Waals surface area contributed by atoms with Crippen LogP contribution in [0.4, 0.5) is 0 Å². The zero-order valence-corrected chi connectivity index (χ0v) is 16.9. The number of piperidine rings is 1. The van der Waals surface area contributed by atoms with E-state index in [-0.39, 0.29) is 11.5 Å². The van der Waals surface area contributed by atoms with Crippen LogP contribution in [0.3, 0.4) is 0 Å². The van der Waals surface area contributed by atoms with Crippen LogP contribution in [0.15, 0.2) is 29.1 Å². The molecule has 4 nitrogen and oxygen atoms in total. The summed E-state index contributed by atoms with van der Waals surface area (Å²) >= 11 is 0. The molecule has 3 heterocycles. The Bertz CT molecular complexity index is 1020. The lowest BCUT2D eigenvalue weighted by molar-refractivity contribution is -0.138. The average Bonchev–Trinajstić information content (AvgIpc) is 3.23. The van der Waals surface area contributed by atoms with Gasteiger partial charge in [0, 0.05) is 35.5 Å². The van der Waals surface area contributed by atoms with Gasteiger partial charge in [0.15, 0.2) is 11.9 Å². The third-order valence-electron chi connectivity index (χ3n) is 8.58. The van der Waals surface area contributed by atoms with Gasteiger partial charge in [-0.15, -0.1) is 0 Å². The van der Waals surface area contributed by atoms with E-state index in [4.69, 9.17) is 9.15 Å². The van der Waals surface area contributed by atoms with Gasteiger partial charge in [-0.25, -0.2) is 0 Å². The van der Waals surface area contributed by atoms with Crippen LogP contribution in [0, 0.1) is 18.8 Å². The summed E-state index contributed by atoms with van der Waals surface area (Å²) in [6.45, 7) is 4.49. The second kappa shape index (κ2) is 5.54. The summed E-state index contributed by atoms with van der Waals surface area (Å²) in [5.74, 6) is 2.79. The van der Waals surface area contributed by atoms with Gasteiger partial charge in [-0.3, -0.25) is 9.69 Å². The molecular weight excluding hydrogens is 362 g/mol. The quantitative estimate of drug-likeness (QED) is 0.786. The van der Waals surface area contributed by atoms with Crippen molar-refractivity contribution in [2.24, 2.45) is 11.8 Å². The lowest BCUT2D eigenvalue weighted by Gasteiger charge is -2.58. The van der Waals surface area contributed by atoms with Crippen molar-refractivity contribution >= 4 is 5.78 Å². The maximum Gasteiger partial charge on any atom is 0.174 e. The van der Waals surface area contributed by atoms with Gasteiger partial charge in [-0.1, -0.05) is 0 Å². The first kappa shape index (κ1) is 16.7. The molecule has 0 radical (unpaired) electrons. The van der Waals surface area contributed by atoms with Gasteiger partial charge >= 0.3 is 0 Å². The molecule has 2 aromatic rings. The van der Waals surface area contributed by atoms with Gasteiger partial charge in [0.05, 0.1) is 12.5 Å². The van der Waals surface area contributed by atoms with E-state index in [2.05, 4.69) is 24.0 Å². The normalized spacial score (nSPS) is 34.8.